The summed E-state index contributed by atoms with van der Waals surface area (Å²) in [4.78, 5) is 15.2. The molecule has 1 aliphatic rings. The topological polar surface area (TPSA) is 43.6 Å². The first-order chi connectivity index (χ1) is 22.3. The Balaban J connectivity index is 1.39. The van der Waals surface area contributed by atoms with Crippen molar-refractivity contribution >= 4 is 43.6 Å². The van der Waals surface area contributed by atoms with Gasteiger partial charge in [0.05, 0.1) is 22.1 Å². The van der Waals surface area contributed by atoms with Crippen LogP contribution in [-0.4, -0.2) is 19.5 Å². The van der Waals surface area contributed by atoms with E-state index in [4.69, 9.17) is 9.97 Å². The van der Waals surface area contributed by atoms with Gasteiger partial charge in [0.2, 0.25) is 0 Å². The number of benzene rings is 6. The largest absolute Gasteiger partial charge is 0.292 e. The van der Waals surface area contributed by atoms with E-state index in [1.54, 1.807) is 0 Å². The minimum Gasteiger partial charge on any atom is -0.292 e. The number of fused-ring (bicyclic) bond motifs is 9. The second-order valence-corrected chi connectivity index (χ2v) is 11.6. The summed E-state index contributed by atoms with van der Waals surface area (Å²) in [6, 6.07) is 47.3. The van der Waals surface area contributed by atoms with Gasteiger partial charge in [-0.15, -0.1) is 0 Å². The Bertz CT molecular complexity index is 2650. The van der Waals surface area contributed by atoms with Crippen molar-refractivity contribution < 1.29 is 0 Å². The third kappa shape index (κ3) is 3.45. The van der Waals surface area contributed by atoms with Crippen LogP contribution in [0.2, 0.25) is 0 Å². The van der Waals surface area contributed by atoms with Crippen LogP contribution in [0.1, 0.15) is 0 Å². The Kier molecular flexibility index (Phi) is 4.96. The van der Waals surface area contributed by atoms with Crippen LogP contribution in [-0.2, 0) is 0 Å². The summed E-state index contributed by atoms with van der Waals surface area (Å²) in [5, 5.41) is 4.88. The zero-order chi connectivity index (χ0) is 29.5. The zero-order valence-electron chi connectivity index (χ0n) is 24.1. The summed E-state index contributed by atoms with van der Waals surface area (Å²) in [5.74, 6) is 0.816. The standard InChI is InChI=1S/C41H24N4/c1-2-10-26(11-3-1)40-41(44-36-18-6-5-17-35(36)43-40)45-37-19-7-4-14-28(37)33-22-31-30-16-9-13-25-12-8-15-29(39(25)30)27-20-21-42-24-34(27)32(31)23-38(33)45/h1-24H. The number of hydrogen-bond acceptors (Lipinski definition) is 3. The molecule has 4 nitrogen and oxygen atoms in total. The molecule has 0 bridgehead atoms. The first-order valence-electron chi connectivity index (χ1n) is 15.2. The fraction of sp³-hybridized carbons (Fsp3) is 0. The van der Waals surface area contributed by atoms with Gasteiger partial charge < -0.3 is 0 Å². The molecule has 0 saturated carbocycles. The van der Waals surface area contributed by atoms with E-state index >= 15 is 0 Å². The maximum absolute atomic E-state index is 5.32. The molecule has 4 heteroatoms. The number of nitrogens with zero attached hydrogens (tertiary/aromatic N) is 4. The number of para-hydroxylation sites is 3. The Morgan fingerprint density at radius 2 is 1.18 bits per heavy atom. The van der Waals surface area contributed by atoms with E-state index in [-0.39, 0.29) is 0 Å². The lowest BCUT2D eigenvalue weighted by atomic mass is 9.92. The van der Waals surface area contributed by atoms with E-state index in [1.807, 2.05) is 42.7 Å². The predicted octanol–water partition coefficient (Wildman–Crippen LogP) is 10.3. The van der Waals surface area contributed by atoms with Gasteiger partial charge in [0.1, 0.15) is 5.69 Å². The molecule has 0 atom stereocenters. The van der Waals surface area contributed by atoms with Crippen molar-refractivity contribution in [1.82, 2.24) is 19.5 Å². The van der Waals surface area contributed by atoms with Crippen LogP contribution in [0.25, 0.3) is 94.1 Å². The van der Waals surface area contributed by atoms with Gasteiger partial charge in [-0.25, -0.2) is 9.97 Å². The summed E-state index contributed by atoms with van der Waals surface area (Å²) in [6.45, 7) is 0. The van der Waals surface area contributed by atoms with Gasteiger partial charge in [-0.1, -0.05) is 97.1 Å². The van der Waals surface area contributed by atoms with Crippen LogP contribution in [0.3, 0.4) is 0 Å². The smallest absolute Gasteiger partial charge is 0.165 e. The van der Waals surface area contributed by atoms with E-state index in [2.05, 4.69) is 113 Å². The number of rotatable bonds is 2. The average Bonchev–Trinajstić information content (AvgIpc) is 3.37. The van der Waals surface area contributed by atoms with Gasteiger partial charge in [0, 0.05) is 34.3 Å². The van der Waals surface area contributed by atoms with Crippen molar-refractivity contribution in [3.05, 3.63) is 146 Å². The second kappa shape index (κ2) is 9.18. The maximum Gasteiger partial charge on any atom is 0.165 e. The molecule has 10 rings (SSSR count). The minimum atomic E-state index is 0.816. The lowest BCUT2D eigenvalue weighted by Crippen LogP contribution is -2.03. The molecule has 0 saturated heterocycles. The highest BCUT2D eigenvalue weighted by atomic mass is 15.1. The molecular weight excluding hydrogens is 548 g/mol. The molecule has 3 heterocycles. The van der Waals surface area contributed by atoms with E-state index in [9.17, 15) is 0 Å². The summed E-state index contributed by atoms with van der Waals surface area (Å²) >= 11 is 0. The highest BCUT2D eigenvalue weighted by Crippen LogP contribution is 2.49. The monoisotopic (exact) mass is 572 g/mol. The van der Waals surface area contributed by atoms with Crippen LogP contribution >= 0.6 is 0 Å². The summed E-state index contributed by atoms with van der Waals surface area (Å²) in [6.07, 6.45) is 3.92. The lowest BCUT2D eigenvalue weighted by Gasteiger charge is -2.15. The lowest BCUT2D eigenvalue weighted by molar-refractivity contribution is 1.08. The van der Waals surface area contributed by atoms with Crippen LogP contribution in [0.4, 0.5) is 0 Å². The number of aromatic nitrogens is 4. The van der Waals surface area contributed by atoms with Crippen molar-refractivity contribution in [1.29, 1.82) is 0 Å². The third-order valence-electron chi connectivity index (χ3n) is 9.22. The normalized spacial score (nSPS) is 12.0. The molecule has 0 fully saturated rings. The van der Waals surface area contributed by atoms with E-state index in [0.717, 1.165) is 50.3 Å². The molecule has 208 valence electrons. The Hall–Kier alpha value is -6.13. The molecule has 45 heavy (non-hydrogen) atoms. The van der Waals surface area contributed by atoms with Gasteiger partial charge in [-0.05, 0) is 75.0 Å². The quantitative estimate of drug-likeness (QED) is 0.207. The average molecular weight is 573 g/mol. The van der Waals surface area contributed by atoms with Crippen LogP contribution in [0.5, 0.6) is 0 Å². The Morgan fingerprint density at radius 1 is 0.467 bits per heavy atom. The van der Waals surface area contributed by atoms with Crippen molar-refractivity contribution in [2.75, 3.05) is 0 Å². The highest BCUT2D eigenvalue weighted by Gasteiger charge is 2.25. The van der Waals surface area contributed by atoms with Crippen LogP contribution in [0, 0.1) is 0 Å². The predicted molar refractivity (Wildman–Crippen MR) is 184 cm³/mol. The molecule has 6 aromatic carbocycles. The Labute approximate surface area is 258 Å². The Morgan fingerprint density at radius 3 is 2.02 bits per heavy atom. The van der Waals surface area contributed by atoms with Gasteiger partial charge in [-0.3, -0.25) is 9.55 Å². The van der Waals surface area contributed by atoms with E-state index in [1.165, 1.54) is 43.8 Å². The SMILES string of the molecule is c1ccc(-c2nc3ccccc3nc2-n2c3ccccc3c3cc4c(cc32)-c2cnccc2-c2cccc3cccc-4c23)cc1. The maximum atomic E-state index is 5.32. The molecule has 0 aliphatic heterocycles. The fourth-order valence-corrected chi connectivity index (χ4v) is 7.26. The van der Waals surface area contributed by atoms with Crippen LogP contribution < -0.4 is 0 Å². The van der Waals surface area contributed by atoms with Crippen molar-refractivity contribution in [2.45, 2.75) is 0 Å². The van der Waals surface area contributed by atoms with Crippen molar-refractivity contribution in [2.24, 2.45) is 0 Å². The first-order valence-corrected chi connectivity index (χ1v) is 15.2. The molecule has 0 unspecified atom stereocenters. The van der Waals surface area contributed by atoms with E-state index < -0.39 is 0 Å². The van der Waals surface area contributed by atoms with Crippen LogP contribution in [0.15, 0.2) is 146 Å². The molecule has 0 amide bonds. The summed E-state index contributed by atoms with van der Waals surface area (Å²) in [7, 11) is 0. The van der Waals surface area contributed by atoms with Gasteiger partial charge in [0.15, 0.2) is 5.82 Å². The van der Waals surface area contributed by atoms with Crippen molar-refractivity contribution in [3.63, 3.8) is 0 Å². The van der Waals surface area contributed by atoms with Gasteiger partial charge in [0.25, 0.3) is 0 Å². The molecule has 3 aromatic heterocycles. The first kappa shape index (κ1) is 24.3. The van der Waals surface area contributed by atoms with E-state index in [0.29, 0.717) is 0 Å². The molecule has 0 spiro atoms. The zero-order valence-corrected chi connectivity index (χ0v) is 24.1. The molecule has 0 N–H and O–H groups in total. The number of pyridine rings is 1. The summed E-state index contributed by atoms with van der Waals surface area (Å²) < 4.78 is 2.31. The highest BCUT2D eigenvalue weighted by molar-refractivity contribution is 6.18. The molecule has 9 aromatic rings. The molecule has 0 radical (unpaired) electrons. The summed E-state index contributed by atoms with van der Waals surface area (Å²) in [5.41, 5.74) is 13.0. The fourth-order valence-electron chi connectivity index (χ4n) is 7.26. The van der Waals surface area contributed by atoms with Gasteiger partial charge >= 0.3 is 0 Å². The van der Waals surface area contributed by atoms with Crippen molar-refractivity contribution in [3.8, 4) is 50.5 Å². The molecular formula is C41H24N4. The third-order valence-corrected chi connectivity index (χ3v) is 9.22. The molecule has 1 aliphatic carbocycles. The number of hydrogen-bond donors (Lipinski definition) is 0. The second-order valence-electron chi connectivity index (χ2n) is 11.6. The minimum absolute atomic E-state index is 0.816. The van der Waals surface area contributed by atoms with Gasteiger partial charge in [-0.2, -0.15) is 0 Å².